The predicted octanol–water partition coefficient (Wildman–Crippen LogP) is 3.96. The van der Waals surface area contributed by atoms with E-state index in [1.807, 2.05) is 6.92 Å². The van der Waals surface area contributed by atoms with Gasteiger partial charge in [0, 0.05) is 18.0 Å². The van der Waals surface area contributed by atoms with Crippen molar-refractivity contribution in [3.63, 3.8) is 0 Å². The van der Waals surface area contributed by atoms with Crippen LogP contribution in [0.2, 0.25) is 10.0 Å². The van der Waals surface area contributed by atoms with E-state index in [1.54, 1.807) is 25.3 Å². The van der Waals surface area contributed by atoms with Gasteiger partial charge >= 0.3 is 0 Å². The van der Waals surface area contributed by atoms with Crippen LogP contribution in [0, 0.1) is 6.92 Å². The number of aryl methyl sites for hydroxylation is 1. The van der Waals surface area contributed by atoms with Crippen LogP contribution in [0.5, 0.6) is 5.75 Å². The summed E-state index contributed by atoms with van der Waals surface area (Å²) in [5.41, 5.74) is 1.71. The van der Waals surface area contributed by atoms with E-state index >= 15 is 0 Å². The third-order valence-corrected chi connectivity index (χ3v) is 3.32. The molecule has 0 fully saturated rings. The fraction of sp³-hybridized carbons (Fsp3) is 0.143. The maximum Gasteiger partial charge on any atom is 0.255 e. The van der Waals surface area contributed by atoms with Crippen LogP contribution in [-0.4, -0.2) is 18.0 Å². The Bertz CT molecular complexity index is 639. The molecule has 0 aliphatic rings. The molecule has 0 radical (unpaired) electrons. The Kier molecular flexibility index (Phi) is 4.47. The third kappa shape index (κ3) is 3.03. The smallest absolute Gasteiger partial charge is 0.255 e. The molecule has 6 heteroatoms. The number of methoxy groups -OCH3 is 1. The number of anilines is 1. The number of carbonyl (C=O) groups is 1. The van der Waals surface area contributed by atoms with Crippen molar-refractivity contribution in [3.05, 3.63) is 51.8 Å². The summed E-state index contributed by atoms with van der Waals surface area (Å²) in [5, 5.41) is 3.25. The second-order valence-corrected chi connectivity index (χ2v) is 4.93. The highest BCUT2D eigenvalue weighted by atomic mass is 35.5. The van der Waals surface area contributed by atoms with Gasteiger partial charge in [-0.3, -0.25) is 9.78 Å². The first-order valence-corrected chi connectivity index (χ1v) is 6.53. The Morgan fingerprint density at radius 2 is 1.90 bits per heavy atom. The molecule has 0 spiro atoms. The maximum atomic E-state index is 12.2. The number of aromatic nitrogens is 1. The fourth-order valence-corrected chi connectivity index (χ4v) is 2.20. The standard InChI is InChI=1S/C14H12Cl2N2O2/c1-8-5-9(3-4-12(8)20-2)14(19)18-13-10(15)6-17-7-11(13)16/h3-7H,1-2H3,(H,17,18,19). The third-order valence-electron chi connectivity index (χ3n) is 2.75. The van der Waals surface area contributed by atoms with Gasteiger partial charge in [-0.05, 0) is 30.7 Å². The van der Waals surface area contributed by atoms with Crippen molar-refractivity contribution in [1.82, 2.24) is 4.98 Å². The highest BCUT2D eigenvalue weighted by Crippen LogP contribution is 2.29. The molecule has 1 amide bonds. The second kappa shape index (κ2) is 6.11. The summed E-state index contributed by atoms with van der Waals surface area (Å²) in [5.74, 6) is 0.423. The Morgan fingerprint density at radius 1 is 1.25 bits per heavy atom. The predicted molar refractivity (Wildman–Crippen MR) is 79.9 cm³/mol. The van der Waals surface area contributed by atoms with Gasteiger partial charge in [0.15, 0.2) is 0 Å². The van der Waals surface area contributed by atoms with Gasteiger partial charge in [-0.2, -0.15) is 0 Å². The Morgan fingerprint density at radius 3 is 2.45 bits per heavy atom. The fourth-order valence-electron chi connectivity index (χ4n) is 1.74. The van der Waals surface area contributed by atoms with Gasteiger partial charge in [0.1, 0.15) is 5.75 Å². The monoisotopic (exact) mass is 310 g/mol. The van der Waals surface area contributed by atoms with E-state index in [0.29, 0.717) is 11.3 Å². The summed E-state index contributed by atoms with van der Waals surface area (Å²) in [6.45, 7) is 1.86. The minimum Gasteiger partial charge on any atom is -0.496 e. The van der Waals surface area contributed by atoms with Crippen molar-refractivity contribution < 1.29 is 9.53 Å². The van der Waals surface area contributed by atoms with Crippen LogP contribution in [0.25, 0.3) is 0 Å². The van der Waals surface area contributed by atoms with Gasteiger partial charge in [0.2, 0.25) is 0 Å². The number of hydrogen-bond donors (Lipinski definition) is 1. The lowest BCUT2D eigenvalue weighted by atomic mass is 10.1. The summed E-state index contributed by atoms with van der Waals surface area (Å²) in [6.07, 6.45) is 2.84. The van der Waals surface area contributed by atoms with Gasteiger partial charge in [-0.25, -0.2) is 0 Å². The number of hydrogen-bond acceptors (Lipinski definition) is 3. The lowest BCUT2D eigenvalue weighted by Crippen LogP contribution is -2.13. The van der Waals surface area contributed by atoms with Gasteiger partial charge in [-0.1, -0.05) is 23.2 Å². The van der Waals surface area contributed by atoms with Crippen LogP contribution < -0.4 is 10.1 Å². The van der Waals surface area contributed by atoms with Gasteiger partial charge in [0.05, 0.1) is 22.8 Å². The van der Waals surface area contributed by atoms with E-state index in [0.717, 1.165) is 11.3 Å². The topological polar surface area (TPSA) is 51.2 Å². The summed E-state index contributed by atoms with van der Waals surface area (Å²) in [6, 6.07) is 5.14. The summed E-state index contributed by atoms with van der Waals surface area (Å²) in [4.78, 5) is 16.0. The zero-order chi connectivity index (χ0) is 14.7. The van der Waals surface area contributed by atoms with E-state index < -0.39 is 0 Å². The van der Waals surface area contributed by atoms with E-state index in [-0.39, 0.29) is 16.0 Å². The molecule has 1 N–H and O–H groups in total. The highest BCUT2D eigenvalue weighted by molar-refractivity contribution is 6.39. The van der Waals surface area contributed by atoms with Crippen LogP contribution in [0.3, 0.4) is 0 Å². The Labute approximate surface area is 126 Å². The highest BCUT2D eigenvalue weighted by Gasteiger charge is 2.13. The lowest BCUT2D eigenvalue weighted by Gasteiger charge is -2.10. The number of nitrogens with one attached hydrogen (secondary N) is 1. The van der Waals surface area contributed by atoms with Crippen molar-refractivity contribution >= 4 is 34.8 Å². The molecule has 104 valence electrons. The molecule has 4 nitrogen and oxygen atoms in total. The minimum absolute atomic E-state index is 0.288. The molecule has 0 atom stereocenters. The molecule has 0 aliphatic heterocycles. The molecule has 0 aliphatic carbocycles. The van der Waals surface area contributed by atoms with Gasteiger partial charge in [0.25, 0.3) is 5.91 Å². The summed E-state index contributed by atoms with van der Waals surface area (Å²) < 4.78 is 5.15. The van der Waals surface area contributed by atoms with Crippen molar-refractivity contribution in [1.29, 1.82) is 0 Å². The van der Waals surface area contributed by atoms with E-state index in [1.165, 1.54) is 12.4 Å². The first kappa shape index (κ1) is 14.6. The molecule has 0 unspecified atom stereocenters. The number of amides is 1. The molecular formula is C14H12Cl2N2O2. The number of ether oxygens (including phenoxy) is 1. The molecule has 0 saturated carbocycles. The molecule has 0 saturated heterocycles. The molecule has 2 aromatic rings. The Hall–Kier alpha value is -1.78. The number of halogens is 2. The van der Waals surface area contributed by atoms with Crippen LogP contribution in [0.1, 0.15) is 15.9 Å². The van der Waals surface area contributed by atoms with Crippen LogP contribution in [-0.2, 0) is 0 Å². The van der Waals surface area contributed by atoms with Crippen LogP contribution in [0.15, 0.2) is 30.6 Å². The average Bonchev–Trinajstić information content (AvgIpc) is 2.42. The molecular weight excluding hydrogens is 299 g/mol. The van der Waals surface area contributed by atoms with E-state index in [4.69, 9.17) is 27.9 Å². The van der Waals surface area contributed by atoms with E-state index in [9.17, 15) is 4.79 Å². The molecule has 2 rings (SSSR count). The second-order valence-electron chi connectivity index (χ2n) is 4.12. The van der Waals surface area contributed by atoms with Gasteiger partial charge in [-0.15, -0.1) is 0 Å². The van der Waals surface area contributed by atoms with Gasteiger partial charge < -0.3 is 10.1 Å². The quantitative estimate of drug-likeness (QED) is 0.933. The SMILES string of the molecule is COc1ccc(C(=O)Nc2c(Cl)cncc2Cl)cc1C. The number of carbonyl (C=O) groups excluding carboxylic acids is 1. The van der Waals surface area contributed by atoms with Crippen molar-refractivity contribution in [2.45, 2.75) is 6.92 Å². The molecule has 0 bridgehead atoms. The minimum atomic E-state index is -0.300. The molecule has 1 heterocycles. The first-order chi connectivity index (χ1) is 9.52. The summed E-state index contributed by atoms with van der Waals surface area (Å²) >= 11 is 11.9. The average molecular weight is 311 g/mol. The largest absolute Gasteiger partial charge is 0.496 e. The lowest BCUT2D eigenvalue weighted by molar-refractivity contribution is 0.102. The van der Waals surface area contributed by atoms with E-state index in [2.05, 4.69) is 10.3 Å². The number of rotatable bonds is 3. The van der Waals surface area contributed by atoms with Crippen molar-refractivity contribution in [2.75, 3.05) is 12.4 Å². The van der Waals surface area contributed by atoms with Crippen LogP contribution >= 0.6 is 23.2 Å². The van der Waals surface area contributed by atoms with Crippen LogP contribution in [0.4, 0.5) is 5.69 Å². The molecule has 1 aromatic heterocycles. The zero-order valence-electron chi connectivity index (χ0n) is 10.9. The first-order valence-electron chi connectivity index (χ1n) is 5.78. The number of benzene rings is 1. The zero-order valence-corrected chi connectivity index (χ0v) is 12.4. The molecule has 1 aromatic carbocycles. The maximum absolute atomic E-state index is 12.2. The molecule has 20 heavy (non-hydrogen) atoms. The summed E-state index contributed by atoms with van der Waals surface area (Å²) in [7, 11) is 1.58. The van der Waals surface area contributed by atoms with Crippen molar-refractivity contribution in [2.24, 2.45) is 0 Å². The Balaban J connectivity index is 2.26. The number of nitrogens with zero attached hydrogens (tertiary/aromatic N) is 1. The normalized spacial score (nSPS) is 10.2. The number of pyridine rings is 1. The van der Waals surface area contributed by atoms with Crippen molar-refractivity contribution in [3.8, 4) is 5.75 Å².